The van der Waals surface area contributed by atoms with Gasteiger partial charge in [0.1, 0.15) is 0 Å². The van der Waals surface area contributed by atoms with Gasteiger partial charge >= 0.3 is 6.18 Å². The molecule has 2 aromatic rings. The van der Waals surface area contributed by atoms with Crippen LogP contribution in [0.3, 0.4) is 0 Å². The molecule has 28 heavy (non-hydrogen) atoms. The molecule has 7 nitrogen and oxygen atoms in total. The van der Waals surface area contributed by atoms with E-state index in [0.29, 0.717) is 26.2 Å². The fourth-order valence-corrected chi connectivity index (χ4v) is 3.03. The Bertz CT molecular complexity index is 801. The van der Waals surface area contributed by atoms with Gasteiger partial charge < -0.3 is 15.4 Å². The van der Waals surface area contributed by atoms with E-state index in [-0.39, 0.29) is 23.4 Å². The SMILES string of the molecule is NCCCOC1CCN(C(=O)c2cn(-c3cccc(C(F)(F)F)c3)nn2)CC1. The molecule has 10 heteroatoms. The zero-order chi connectivity index (χ0) is 20.1. The first kappa shape index (κ1) is 20.3. The summed E-state index contributed by atoms with van der Waals surface area (Å²) < 4.78 is 45.5. The third kappa shape index (κ3) is 4.87. The first-order chi connectivity index (χ1) is 13.4. The Hall–Kier alpha value is -2.46. The summed E-state index contributed by atoms with van der Waals surface area (Å²) in [5.41, 5.74) is 4.94. The highest BCUT2D eigenvalue weighted by Gasteiger charge is 2.31. The molecule has 152 valence electrons. The molecule has 1 amide bonds. The molecule has 0 saturated carbocycles. The minimum atomic E-state index is -4.45. The normalized spacial score (nSPS) is 15.8. The fourth-order valence-electron chi connectivity index (χ4n) is 3.03. The molecular weight excluding hydrogens is 375 g/mol. The molecule has 2 heterocycles. The predicted octanol–water partition coefficient (Wildman–Crippen LogP) is 2.26. The third-order valence-corrected chi connectivity index (χ3v) is 4.58. The van der Waals surface area contributed by atoms with Crippen molar-refractivity contribution in [3.8, 4) is 5.69 Å². The smallest absolute Gasteiger partial charge is 0.378 e. The van der Waals surface area contributed by atoms with Crippen LogP contribution in [0.1, 0.15) is 35.3 Å². The van der Waals surface area contributed by atoms with Crippen molar-refractivity contribution in [1.82, 2.24) is 19.9 Å². The topological polar surface area (TPSA) is 86.3 Å². The maximum Gasteiger partial charge on any atom is 0.416 e. The summed E-state index contributed by atoms with van der Waals surface area (Å²) in [6.07, 6.45) is -0.752. The summed E-state index contributed by atoms with van der Waals surface area (Å²) in [6, 6.07) is 4.71. The first-order valence-electron chi connectivity index (χ1n) is 9.09. The highest BCUT2D eigenvalue weighted by molar-refractivity contribution is 5.92. The number of aromatic nitrogens is 3. The molecule has 0 spiro atoms. The van der Waals surface area contributed by atoms with E-state index in [0.717, 1.165) is 31.4 Å². The van der Waals surface area contributed by atoms with Crippen molar-refractivity contribution in [3.05, 3.63) is 41.7 Å². The number of amides is 1. The van der Waals surface area contributed by atoms with Gasteiger partial charge in [0.15, 0.2) is 5.69 Å². The van der Waals surface area contributed by atoms with Crippen LogP contribution in [0, 0.1) is 0 Å². The molecular formula is C18H22F3N5O2. The van der Waals surface area contributed by atoms with E-state index in [4.69, 9.17) is 10.5 Å². The number of hydrogen-bond acceptors (Lipinski definition) is 5. The van der Waals surface area contributed by atoms with Gasteiger partial charge in [0.25, 0.3) is 5.91 Å². The van der Waals surface area contributed by atoms with Crippen LogP contribution in [0.15, 0.2) is 30.5 Å². The number of carbonyl (C=O) groups is 1. The van der Waals surface area contributed by atoms with Crippen molar-refractivity contribution in [2.45, 2.75) is 31.5 Å². The lowest BCUT2D eigenvalue weighted by Crippen LogP contribution is -2.41. The molecule has 0 unspecified atom stereocenters. The minimum Gasteiger partial charge on any atom is -0.378 e. The standard InChI is InChI=1S/C18H22F3N5O2/c19-18(20,21)13-3-1-4-14(11-13)26-12-16(23-24-26)17(27)25-8-5-15(6-9-25)28-10-2-7-22/h1,3-4,11-12,15H,2,5-10,22H2. The van der Waals surface area contributed by atoms with Gasteiger partial charge in [-0.1, -0.05) is 11.3 Å². The van der Waals surface area contributed by atoms with Crippen molar-refractivity contribution >= 4 is 5.91 Å². The Morgan fingerprint density at radius 3 is 2.71 bits per heavy atom. The van der Waals surface area contributed by atoms with Gasteiger partial charge in [-0.3, -0.25) is 4.79 Å². The molecule has 1 aromatic heterocycles. The second-order valence-electron chi connectivity index (χ2n) is 6.60. The van der Waals surface area contributed by atoms with Gasteiger partial charge in [-0.15, -0.1) is 5.10 Å². The Morgan fingerprint density at radius 1 is 1.29 bits per heavy atom. The Morgan fingerprint density at radius 2 is 2.04 bits per heavy atom. The van der Waals surface area contributed by atoms with E-state index in [1.165, 1.54) is 23.0 Å². The van der Waals surface area contributed by atoms with Gasteiger partial charge in [-0.05, 0) is 44.0 Å². The highest BCUT2D eigenvalue weighted by Crippen LogP contribution is 2.30. The van der Waals surface area contributed by atoms with E-state index in [1.54, 1.807) is 4.90 Å². The van der Waals surface area contributed by atoms with Crippen LogP contribution in [0.4, 0.5) is 13.2 Å². The molecule has 2 N–H and O–H groups in total. The number of likely N-dealkylation sites (tertiary alicyclic amines) is 1. The predicted molar refractivity (Wildman–Crippen MR) is 94.9 cm³/mol. The summed E-state index contributed by atoms with van der Waals surface area (Å²) >= 11 is 0. The summed E-state index contributed by atoms with van der Waals surface area (Å²) in [5.74, 6) is -0.293. The zero-order valence-corrected chi connectivity index (χ0v) is 15.2. The van der Waals surface area contributed by atoms with Crippen molar-refractivity contribution in [2.24, 2.45) is 5.73 Å². The fraction of sp³-hybridized carbons (Fsp3) is 0.500. The first-order valence-corrected chi connectivity index (χ1v) is 9.09. The van der Waals surface area contributed by atoms with Crippen LogP contribution < -0.4 is 5.73 Å². The number of nitrogens with zero attached hydrogens (tertiary/aromatic N) is 4. The van der Waals surface area contributed by atoms with Gasteiger partial charge in [-0.2, -0.15) is 13.2 Å². The summed E-state index contributed by atoms with van der Waals surface area (Å²) in [5, 5.41) is 7.64. The molecule has 1 fully saturated rings. The van der Waals surface area contributed by atoms with E-state index in [1.807, 2.05) is 0 Å². The number of nitrogens with two attached hydrogens (primary N) is 1. The highest BCUT2D eigenvalue weighted by atomic mass is 19.4. The molecule has 0 atom stereocenters. The lowest BCUT2D eigenvalue weighted by molar-refractivity contribution is -0.137. The molecule has 0 aliphatic carbocycles. The van der Waals surface area contributed by atoms with Gasteiger partial charge in [0, 0.05) is 19.7 Å². The zero-order valence-electron chi connectivity index (χ0n) is 15.2. The van der Waals surface area contributed by atoms with Crippen molar-refractivity contribution in [3.63, 3.8) is 0 Å². The Labute approximate surface area is 160 Å². The van der Waals surface area contributed by atoms with Gasteiger partial charge in [0.2, 0.25) is 0 Å². The molecule has 1 aliphatic heterocycles. The maximum atomic E-state index is 12.9. The van der Waals surface area contributed by atoms with Crippen molar-refractivity contribution in [2.75, 3.05) is 26.2 Å². The Kier molecular flexibility index (Phi) is 6.30. The molecule has 1 saturated heterocycles. The average molecular weight is 397 g/mol. The monoisotopic (exact) mass is 397 g/mol. The number of hydrogen-bond donors (Lipinski definition) is 1. The van der Waals surface area contributed by atoms with Crippen LogP contribution in [0.25, 0.3) is 5.69 Å². The van der Waals surface area contributed by atoms with E-state index < -0.39 is 11.7 Å². The third-order valence-electron chi connectivity index (χ3n) is 4.58. The van der Waals surface area contributed by atoms with Crippen LogP contribution in [-0.2, 0) is 10.9 Å². The molecule has 3 rings (SSSR count). The lowest BCUT2D eigenvalue weighted by atomic mass is 10.1. The van der Waals surface area contributed by atoms with E-state index >= 15 is 0 Å². The maximum absolute atomic E-state index is 12.9. The molecule has 1 aliphatic rings. The number of rotatable bonds is 6. The van der Waals surface area contributed by atoms with Crippen LogP contribution in [0.5, 0.6) is 0 Å². The largest absolute Gasteiger partial charge is 0.416 e. The number of alkyl halides is 3. The second kappa shape index (κ2) is 8.70. The van der Waals surface area contributed by atoms with Crippen molar-refractivity contribution < 1.29 is 22.7 Å². The van der Waals surface area contributed by atoms with Crippen LogP contribution in [-0.4, -0.2) is 58.1 Å². The van der Waals surface area contributed by atoms with Gasteiger partial charge in [0.05, 0.1) is 23.6 Å². The Balaban J connectivity index is 1.62. The summed E-state index contributed by atoms with van der Waals surface area (Å²) in [7, 11) is 0. The number of piperidine rings is 1. The lowest BCUT2D eigenvalue weighted by Gasteiger charge is -2.31. The number of halogens is 3. The summed E-state index contributed by atoms with van der Waals surface area (Å²) in [4.78, 5) is 14.3. The molecule has 1 aromatic carbocycles. The van der Waals surface area contributed by atoms with Crippen molar-refractivity contribution in [1.29, 1.82) is 0 Å². The number of carbonyl (C=O) groups excluding carboxylic acids is 1. The van der Waals surface area contributed by atoms with Crippen LogP contribution in [0.2, 0.25) is 0 Å². The average Bonchev–Trinajstić information content (AvgIpc) is 3.18. The molecule has 0 bridgehead atoms. The van der Waals surface area contributed by atoms with Crippen LogP contribution >= 0.6 is 0 Å². The second-order valence-corrected chi connectivity index (χ2v) is 6.60. The van der Waals surface area contributed by atoms with E-state index in [2.05, 4.69) is 10.3 Å². The summed E-state index contributed by atoms with van der Waals surface area (Å²) in [6.45, 7) is 2.25. The number of benzene rings is 1. The minimum absolute atomic E-state index is 0.0971. The quantitative estimate of drug-likeness (QED) is 0.756. The number of ether oxygens (including phenoxy) is 1. The van der Waals surface area contributed by atoms with E-state index in [9.17, 15) is 18.0 Å². The van der Waals surface area contributed by atoms with Gasteiger partial charge in [-0.25, -0.2) is 4.68 Å². The molecule has 0 radical (unpaired) electrons.